The van der Waals surface area contributed by atoms with Crippen LogP contribution in [0, 0.1) is 0 Å². The van der Waals surface area contributed by atoms with E-state index in [0.717, 1.165) is 0 Å². The molecule has 0 bridgehead atoms. The average Bonchev–Trinajstić information content (AvgIpc) is 2.15. The van der Waals surface area contributed by atoms with Gasteiger partial charge in [0, 0.05) is 5.02 Å². The Hall–Kier alpha value is -0.150. The standard InChI is InChI=1S/C9H8Cl4N2/c1-2-8(13)14-15-9-6(11)3-5(10)4-7(9)12/h3-4,15H,2H2,1H3. The number of halogens is 4. The van der Waals surface area contributed by atoms with Gasteiger partial charge in [-0.05, 0) is 18.6 Å². The van der Waals surface area contributed by atoms with Crippen molar-refractivity contribution in [3.05, 3.63) is 27.2 Å². The fraction of sp³-hybridized carbons (Fsp3) is 0.222. The van der Waals surface area contributed by atoms with Gasteiger partial charge in [0.15, 0.2) is 0 Å². The highest BCUT2D eigenvalue weighted by molar-refractivity contribution is 6.65. The fourth-order valence-corrected chi connectivity index (χ4v) is 1.79. The van der Waals surface area contributed by atoms with Gasteiger partial charge in [0.25, 0.3) is 0 Å². The smallest absolute Gasteiger partial charge is 0.126 e. The van der Waals surface area contributed by atoms with Gasteiger partial charge < -0.3 is 0 Å². The van der Waals surface area contributed by atoms with E-state index in [-0.39, 0.29) is 0 Å². The van der Waals surface area contributed by atoms with Gasteiger partial charge in [-0.25, -0.2) is 0 Å². The van der Waals surface area contributed by atoms with Crippen LogP contribution in [0.25, 0.3) is 0 Å². The highest BCUT2D eigenvalue weighted by atomic mass is 35.5. The molecule has 82 valence electrons. The van der Waals surface area contributed by atoms with Gasteiger partial charge in [0.1, 0.15) is 5.17 Å². The van der Waals surface area contributed by atoms with E-state index in [1.807, 2.05) is 6.92 Å². The highest BCUT2D eigenvalue weighted by Crippen LogP contribution is 2.33. The zero-order chi connectivity index (χ0) is 11.4. The monoisotopic (exact) mass is 284 g/mol. The molecule has 0 heterocycles. The number of rotatable bonds is 3. The van der Waals surface area contributed by atoms with Gasteiger partial charge in [-0.15, -0.1) is 0 Å². The lowest BCUT2D eigenvalue weighted by molar-refractivity contribution is 1.25. The van der Waals surface area contributed by atoms with Crippen LogP contribution < -0.4 is 5.43 Å². The van der Waals surface area contributed by atoms with Crippen molar-refractivity contribution in [1.82, 2.24) is 0 Å². The van der Waals surface area contributed by atoms with Crippen molar-refractivity contribution in [3.63, 3.8) is 0 Å². The van der Waals surface area contributed by atoms with Crippen molar-refractivity contribution in [2.24, 2.45) is 5.10 Å². The van der Waals surface area contributed by atoms with Crippen LogP contribution in [0.4, 0.5) is 5.69 Å². The van der Waals surface area contributed by atoms with Gasteiger partial charge in [-0.2, -0.15) is 5.10 Å². The first kappa shape index (κ1) is 12.9. The van der Waals surface area contributed by atoms with Crippen LogP contribution in [0.5, 0.6) is 0 Å². The Kier molecular flexibility index (Phi) is 5.00. The lowest BCUT2D eigenvalue weighted by Crippen LogP contribution is -1.95. The number of hydrogen-bond donors (Lipinski definition) is 1. The van der Waals surface area contributed by atoms with Crippen LogP contribution in [0.3, 0.4) is 0 Å². The average molecular weight is 286 g/mol. The minimum absolute atomic E-state index is 0.400. The molecular formula is C9H8Cl4N2. The Balaban J connectivity index is 2.95. The summed E-state index contributed by atoms with van der Waals surface area (Å²) in [5, 5.41) is 5.60. The number of benzene rings is 1. The molecule has 0 amide bonds. The largest absolute Gasteiger partial charge is 0.274 e. The Morgan fingerprint density at radius 1 is 1.27 bits per heavy atom. The summed E-state index contributed by atoms with van der Waals surface area (Å²) in [6, 6.07) is 3.15. The van der Waals surface area contributed by atoms with E-state index < -0.39 is 0 Å². The second-order valence-electron chi connectivity index (χ2n) is 2.70. The van der Waals surface area contributed by atoms with Crippen molar-refractivity contribution >= 4 is 57.3 Å². The minimum Gasteiger partial charge on any atom is -0.274 e. The molecule has 0 spiro atoms. The molecule has 6 heteroatoms. The first-order chi connectivity index (χ1) is 7.04. The highest BCUT2D eigenvalue weighted by Gasteiger charge is 2.06. The van der Waals surface area contributed by atoms with Crippen LogP contribution >= 0.6 is 46.4 Å². The van der Waals surface area contributed by atoms with E-state index in [1.54, 1.807) is 12.1 Å². The van der Waals surface area contributed by atoms with Crippen LogP contribution in [0.2, 0.25) is 15.1 Å². The summed E-state index contributed by atoms with van der Waals surface area (Å²) in [4.78, 5) is 0. The summed E-state index contributed by atoms with van der Waals surface area (Å²) in [6.07, 6.45) is 0.636. The zero-order valence-electron chi connectivity index (χ0n) is 7.82. The first-order valence-corrected chi connectivity index (χ1v) is 5.68. The van der Waals surface area contributed by atoms with Gasteiger partial charge in [-0.3, -0.25) is 5.43 Å². The van der Waals surface area contributed by atoms with Crippen LogP contribution in [-0.4, -0.2) is 5.17 Å². The van der Waals surface area contributed by atoms with E-state index in [2.05, 4.69) is 10.5 Å². The summed E-state index contributed by atoms with van der Waals surface area (Å²) in [7, 11) is 0. The van der Waals surface area contributed by atoms with E-state index >= 15 is 0 Å². The van der Waals surface area contributed by atoms with Gasteiger partial charge in [0.05, 0.1) is 15.7 Å². The maximum absolute atomic E-state index is 5.92. The molecule has 0 aromatic heterocycles. The Labute approximate surface area is 108 Å². The molecule has 0 saturated carbocycles. The molecule has 1 aromatic carbocycles. The van der Waals surface area contributed by atoms with E-state index in [4.69, 9.17) is 46.4 Å². The van der Waals surface area contributed by atoms with Gasteiger partial charge >= 0.3 is 0 Å². The quantitative estimate of drug-likeness (QED) is 0.612. The van der Waals surface area contributed by atoms with Crippen LogP contribution in [-0.2, 0) is 0 Å². The number of nitrogens with one attached hydrogen (secondary N) is 1. The predicted octanol–water partition coefficient (Wildman–Crippen LogP) is 5.02. The molecule has 2 nitrogen and oxygen atoms in total. The molecular weight excluding hydrogens is 278 g/mol. The molecule has 0 unspecified atom stereocenters. The first-order valence-electron chi connectivity index (χ1n) is 4.17. The second-order valence-corrected chi connectivity index (χ2v) is 4.38. The third-order valence-electron chi connectivity index (χ3n) is 1.59. The summed E-state index contributed by atoms with van der Waals surface area (Å²) >= 11 is 23.3. The van der Waals surface area contributed by atoms with Crippen LogP contribution in [0.1, 0.15) is 13.3 Å². The van der Waals surface area contributed by atoms with Crippen molar-refractivity contribution in [2.75, 3.05) is 5.43 Å². The number of anilines is 1. The minimum atomic E-state index is 0.400. The molecule has 0 aliphatic heterocycles. The molecule has 0 radical (unpaired) electrons. The summed E-state index contributed by atoms with van der Waals surface area (Å²) < 4.78 is 0. The Morgan fingerprint density at radius 3 is 2.27 bits per heavy atom. The lowest BCUT2D eigenvalue weighted by atomic mass is 10.3. The molecule has 0 aliphatic carbocycles. The van der Waals surface area contributed by atoms with Crippen molar-refractivity contribution in [2.45, 2.75) is 13.3 Å². The van der Waals surface area contributed by atoms with E-state index in [9.17, 15) is 0 Å². The zero-order valence-corrected chi connectivity index (χ0v) is 10.8. The van der Waals surface area contributed by atoms with Crippen LogP contribution in [0.15, 0.2) is 17.2 Å². The maximum atomic E-state index is 5.92. The maximum Gasteiger partial charge on any atom is 0.126 e. The van der Waals surface area contributed by atoms with E-state index in [0.29, 0.717) is 32.3 Å². The summed E-state index contributed by atoms with van der Waals surface area (Å²) in [5.41, 5.74) is 3.19. The fourth-order valence-electron chi connectivity index (χ4n) is 0.845. The molecule has 1 rings (SSSR count). The molecule has 0 atom stereocenters. The molecule has 0 saturated heterocycles. The third kappa shape index (κ3) is 3.72. The molecule has 1 N–H and O–H groups in total. The molecule has 0 aliphatic rings. The topological polar surface area (TPSA) is 24.4 Å². The Morgan fingerprint density at radius 2 is 1.80 bits per heavy atom. The predicted molar refractivity (Wildman–Crippen MR) is 68.7 cm³/mol. The summed E-state index contributed by atoms with van der Waals surface area (Å²) in [5.74, 6) is 0. The summed E-state index contributed by atoms with van der Waals surface area (Å²) in [6.45, 7) is 1.89. The van der Waals surface area contributed by atoms with Crippen molar-refractivity contribution in [3.8, 4) is 0 Å². The number of hydrazone groups is 1. The Bertz CT molecular complexity index is 367. The van der Waals surface area contributed by atoms with E-state index in [1.165, 1.54) is 0 Å². The van der Waals surface area contributed by atoms with Gasteiger partial charge in [0.2, 0.25) is 0 Å². The third-order valence-corrected chi connectivity index (χ3v) is 2.75. The molecule has 1 aromatic rings. The van der Waals surface area contributed by atoms with Gasteiger partial charge in [-0.1, -0.05) is 53.3 Å². The second kappa shape index (κ2) is 5.80. The molecule has 15 heavy (non-hydrogen) atoms. The van der Waals surface area contributed by atoms with Crippen molar-refractivity contribution < 1.29 is 0 Å². The number of hydrogen-bond acceptors (Lipinski definition) is 2. The van der Waals surface area contributed by atoms with Crippen molar-refractivity contribution in [1.29, 1.82) is 0 Å². The number of nitrogens with zero attached hydrogens (tertiary/aromatic N) is 1. The normalized spacial score (nSPS) is 11.7. The lowest BCUT2D eigenvalue weighted by Gasteiger charge is -2.06. The SMILES string of the molecule is CCC(Cl)=NNc1c(Cl)cc(Cl)cc1Cl. The molecule has 0 fully saturated rings.